The second-order valence-corrected chi connectivity index (χ2v) is 5.50. The van der Waals surface area contributed by atoms with Crippen molar-refractivity contribution in [1.82, 2.24) is 5.32 Å². The van der Waals surface area contributed by atoms with Crippen LogP contribution in [0.25, 0.3) is 0 Å². The molecule has 21 heavy (non-hydrogen) atoms. The molecular formula is C15H21ClN2O3. The SMILES string of the molecule is CCCC(CCCl)CNC(=O)c1cc(C)ccc1[N+](=O)[O-]. The van der Waals surface area contributed by atoms with Crippen LogP contribution in [-0.4, -0.2) is 23.3 Å². The Balaban J connectivity index is 2.79. The number of carbonyl (C=O) groups excluding carboxylic acids is 1. The van der Waals surface area contributed by atoms with Crippen LogP contribution < -0.4 is 5.32 Å². The Labute approximate surface area is 129 Å². The van der Waals surface area contributed by atoms with Crippen molar-refractivity contribution >= 4 is 23.2 Å². The van der Waals surface area contributed by atoms with E-state index in [1.54, 1.807) is 19.1 Å². The quantitative estimate of drug-likeness (QED) is 0.452. The van der Waals surface area contributed by atoms with Gasteiger partial charge in [-0.05, 0) is 37.3 Å². The number of halogens is 1. The number of aryl methyl sites for hydroxylation is 1. The minimum Gasteiger partial charge on any atom is -0.352 e. The van der Waals surface area contributed by atoms with Gasteiger partial charge >= 0.3 is 0 Å². The molecule has 0 radical (unpaired) electrons. The summed E-state index contributed by atoms with van der Waals surface area (Å²) in [6, 6.07) is 4.54. The minimum atomic E-state index is -0.531. The zero-order valence-electron chi connectivity index (χ0n) is 12.4. The largest absolute Gasteiger partial charge is 0.352 e. The average molecular weight is 313 g/mol. The molecule has 1 amide bonds. The number of alkyl halides is 1. The number of rotatable bonds is 8. The van der Waals surface area contributed by atoms with E-state index in [9.17, 15) is 14.9 Å². The van der Waals surface area contributed by atoms with E-state index in [1.807, 2.05) is 0 Å². The number of nitro groups is 1. The van der Waals surface area contributed by atoms with E-state index in [-0.39, 0.29) is 11.3 Å². The number of amides is 1. The highest BCUT2D eigenvalue weighted by atomic mass is 35.5. The number of carbonyl (C=O) groups is 1. The van der Waals surface area contributed by atoms with Crippen molar-refractivity contribution in [2.45, 2.75) is 33.1 Å². The molecule has 0 aliphatic heterocycles. The van der Waals surface area contributed by atoms with Crippen molar-refractivity contribution in [1.29, 1.82) is 0 Å². The summed E-state index contributed by atoms with van der Waals surface area (Å²) >= 11 is 5.75. The average Bonchev–Trinajstić information content (AvgIpc) is 2.44. The molecule has 1 aromatic rings. The van der Waals surface area contributed by atoms with Gasteiger partial charge in [-0.15, -0.1) is 11.6 Å². The minimum absolute atomic E-state index is 0.112. The second kappa shape index (κ2) is 8.62. The van der Waals surface area contributed by atoms with Crippen LogP contribution in [0.15, 0.2) is 18.2 Å². The van der Waals surface area contributed by atoms with Crippen molar-refractivity contribution in [2.24, 2.45) is 5.92 Å². The van der Waals surface area contributed by atoms with Gasteiger partial charge < -0.3 is 5.32 Å². The lowest BCUT2D eigenvalue weighted by Gasteiger charge is -2.15. The van der Waals surface area contributed by atoms with E-state index in [0.29, 0.717) is 18.3 Å². The Kier molecular flexibility index (Phi) is 7.15. The van der Waals surface area contributed by atoms with Crippen molar-refractivity contribution in [3.63, 3.8) is 0 Å². The van der Waals surface area contributed by atoms with Crippen LogP contribution in [0.1, 0.15) is 42.1 Å². The molecule has 0 bridgehead atoms. The summed E-state index contributed by atoms with van der Waals surface area (Å²) in [6.07, 6.45) is 2.82. The van der Waals surface area contributed by atoms with Crippen LogP contribution in [0.3, 0.4) is 0 Å². The van der Waals surface area contributed by atoms with Gasteiger partial charge in [-0.2, -0.15) is 0 Å². The Morgan fingerprint density at radius 3 is 2.71 bits per heavy atom. The number of hydrogen-bond acceptors (Lipinski definition) is 3. The highest BCUT2D eigenvalue weighted by Gasteiger charge is 2.20. The molecule has 1 atom stereocenters. The van der Waals surface area contributed by atoms with Gasteiger partial charge in [-0.3, -0.25) is 14.9 Å². The molecule has 0 aromatic heterocycles. The molecule has 116 valence electrons. The normalized spacial score (nSPS) is 12.0. The first-order chi connectivity index (χ1) is 9.99. The molecule has 0 spiro atoms. The van der Waals surface area contributed by atoms with Gasteiger partial charge in [0.05, 0.1) is 4.92 Å². The van der Waals surface area contributed by atoms with Gasteiger partial charge in [0, 0.05) is 18.5 Å². The van der Waals surface area contributed by atoms with E-state index >= 15 is 0 Å². The predicted molar refractivity (Wildman–Crippen MR) is 83.9 cm³/mol. The van der Waals surface area contributed by atoms with Crippen LogP contribution in [0.4, 0.5) is 5.69 Å². The fraction of sp³-hybridized carbons (Fsp3) is 0.533. The smallest absolute Gasteiger partial charge is 0.282 e. The maximum Gasteiger partial charge on any atom is 0.282 e. The molecule has 0 heterocycles. The summed E-state index contributed by atoms with van der Waals surface area (Å²) in [7, 11) is 0. The van der Waals surface area contributed by atoms with Gasteiger partial charge in [0.15, 0.2) is 0 Å². The molecule has 1 aromatic carbocycles. The summed E-state index contributed by atoms with van der Waals surface area (Å²) in [6.45, 7) is 4.37. The summed E-state index contributed by atoms with van der Waals surface area (Å²) in [5, 5.41) is 13.8. The number of nitro benzene ring substituents is 1. The Hall–Kier alpha value is -1.62. The van der Waals surface area contributed by atoms with Crippen molar-refractivity contribution in [2.75, 3.05) is 12.4 Å². The lowest BCUT2D eigenvalue weighted by molar-refractivity contribution is -0.385. The van der Waals surface area contributed by atoms with Crippen LogP contribution in [-0.2, 0) is 0 Å². The summed E-state index contributed by atoms with van der Waals surface area (Å²) < 4.78 is 0. The van der Waals surface area contributed by atoms with Crippen molar-refractivity contribution in [3.8, 4) is 0 Å². The number of hydrogen-bond donors (Lipinski definition) is 1. The number of nitrogens with one attached hydrogen (secondary N) is 1. The third-order valence-corrected chi connectivity index (χ3v) is 3.58. The number of nitrogens with zero attached hydrogens (tertiary/aromatic N) is 1. The van der Waals surface area contributed by atoms with Crippen molar-refractivity contribution < 1.29 is 9.72 Å². The highest BCUT2D eigenvalue weighted by molar-refractivity contribution is 6.17. The van der Waals surface area contributed by atoms with Crippen LogP contribution in [0.2, 0.25) is 0 Å². The van der Waals surface area contributed by atoms with Crippen LogP contribution in [0.5, 0.6) is 0 Å². The second-order valence-electron chi connectivity index (χ2n) is 5.12. The topological polar surface area (TPSA) is 72.2 Å². The summed E-state index contributed by atoms with van der Waals surface area (Å²) in [5.41, 5.74) is 0.764. The fourth-order valence-electron chi connectivity index (χ4n) is 2.23. The molecular weight excluding hydrogens is 292 g/mol. The van der Waals surface area contributed by atoms with Crippen LogP contribution >= 0.6 is 11.6 Å². The lowest BCUT2D eigenvalue weighted by atomic mass is 10.0. The maximum atomic E-state index is 12.2. The maximum absolute atomic E-state index is 12.2. The van der Waals surface area contributed by atoms with Gasteiger partial charge in [0.2, 0.25) is 0 Å². The number of benzene rings is 1. The zero-order valence-corrected chi connectivity index (χ0v) is 13.2. The van der Waals surface area contributed by atoms with Gasteiger partial charge in [0.25, 0.3) is 11.6 Å². The molecule has 1 rings (SSSR count). The van der Waals surface area contributed by atoms with Gasteiger partial charge in [0.1, 0.15) is 5.56 Å². The van der Waals surface area contributed by atoms with Crippen molar-refractivity contribution in [3.05, 3.63) is 39.4 Å². The Morgan fingerprint density at radius 1 is 1.43 bits per heavy atom. The third-order valence-electron chi connectivity index (χ3n) is 3.36. The fourth-order valence-corrected chi connectivity index (χ4v) is 2.54. The van der Waals surface area contributed by atoms with E-state index in [0.717, 1.165) is 24.8 Å². The molecule has 0 saturated heterocycles. The highest BCUT2D eigenvalue weighted by Crippen LogP contribution is 2.20. The first-order valence-electron chi connectivity index (χ1n) is 7.08. The summed E-state index contributed by atoms with van der Waals surface area (Å²) in [5.74, 6) is 0.451. The Bertz CT molecular complexity index is 500. The van der Waals surface area contributed by atoms with Gasteiger partial charge in [-0.1, -0.05) is 19.4 Å². The van der Waals surface area contributed by atoms with E-state index in [4.69, 9.17) is 11.6 Å². The molecule has 0 fully saturated rings. The first kappa shape index (κ1) is 17.4. The Morgan fingerprint density at radius 2 is 2.14 bits per heavy atom. The van der Waals surface area contributed by atoms with E-state index in [1.165, 1.54) is 6.07 Å². The third kappa shape index (κ3) is 5.34. The molecule has 0 aliphatic carbocycles. The summed E-state index contributed by atoms with van der Waals surface area (Å²) in [4.78, 5) is 22.6. The van der Waals surface area contributed by atoms with Crippen LogP contribution in [0, 0.1) is 23.0 Å². The first-order valence-corrected chi connectivity index (χ1v) is 7.62. The lowest BCUT2D eigenvalue weighted by Crippen LogP contribution is -2.30. The zero-order chi connectivity index (χ0) is 15.8. The van der Waals surface area contributed by atoms with Gasteiger partial charge in [-0.25, -0.2) is 0 Å². The molecule has 1 N–H and O–H groups in total. The monoisotopic (exact) mass is 312 g/mol. The van der Waals surface area contributed by atoms with E-state index < -0.39 is 10.8 Å². The molecule has 0 aliphatic rings. The molecule has 1 unspecified atom stereocenters. The molecule has 0 saturated carbocycles. The van der Waals surface area contributed by atoms with E-state index in [2.05, 4.69) is 12.2 Å². The standard InChI is InChI=1S/C15H21ClN2O3/c1-3-4-12(7-8-16)10-17-15(19)13-9-11(2)5-6-14(13)18(20)21/h5-6,9,12H,3-4,7-8,10H2,1-2H3,(H,17,19). The molecule has 6 heteroatoms. The predicted octanol–water partition coefficient (Wildman–Crippen LogP) is 3.68. The molecule has 5 nitrogen and oxygen atoms in total.